The summed E-state index contributed by atoms with van der Waals surface area (Å²) in [5.74, 6) is 2.35. The highest BCUT2D eigenvalue weighted by atomic mass is 32.2. The zero-order valence-electron chi connectivity index (χ0n) is 18.4. The Morgan fingerprint density at radius 1 is 1.27 bits per heavy atom. The molecule has 0 spiro atoms. The van der Waals surface area contributed by atoms with E-state index < -0.39 is 0 Å². The number of rotatable bonds is 10. The summed E-state index contributed by atoms with van der Waals surface area (Å²) in [7, 11) is 0. The summed E-state index contributed by atoms with van der Waals surface area (Å²) in [5, 5.41) is 12.6. The molecule has 1 N–H and O–H groups in total. The molecule has 8 heteroatoms. The Balaban J connectivity index is 1.56. The molecule has 0 aliphatic rings. The van der Waals surface area contributed by atoms with E-state index in [1.807, 2.05) is 38.3 Å². The molecule has 1 amide bonds. The molecule has 0 aliphatic carbocycles. The van der Waals surface area contributed by atoms with Crippen molar-refractivity contribution in [2.24, 2.45) is 5.92 Å². The second kappa shape index (κ2) is 10.0. The van der Waals surface area contributed by atoms with Crippen LogP contribution in [0, 0.1) is 19.8 Å². The smallest absolute Gasteiger partial charge is 0.253 e. The summed E-state index contributed by atoms with van der Waals surface area (Å²) in [6, 6.07) is 5.76. The molecule has 3 rings (SSSR count). The van der Waals surface area contributed by atoms with E-state index in [0.29, 0.717) is 24.6 Å². The van der Waals surface area contributed by atoms with Crippen LogP contribution in [0.15, 0.2) is 34.0 Å². The largest absolute Gasteiger partial charge is 0.467 e. The van der Waals surface area contributed by atoms with Crippen LogP contribution in [-0.4, -0.2) is 38.0 Å². The van der Waals surface area contributed by atoms with Gasteiger partial charge in [-0.15, -0.1) is 10.2 Å². The van der Waals surface area contributed by atoms with Crippen molar-refractivity contribution in [1.29, 1.82) is 0 Å². The normalized spacial score (nSPS) is 11.4. The molecule has 0 fully saturated rings. The van der Waals surface area contributed by atoms with Gasteiger partial charge in [0.2, 0.25) is 0 Å². The molecule has 30 heavy (non-hydrogen) atoms. The average molecular weight is 430 g/mol. The second-order valence-electron chi connectivity index (χ2n) is 7.92. The maximum atomic E-state index is 12.7. The molecule has 7 nitrogen and oxygen atoms in total. The van der Waals surface area contributed by atoms with Crippen LogP contribution in [0.25, 0.3) is 0 Å². The van der Waals surface area contributed by atoms with Crippen LogP contribution >= 0.6 is 11.8 Å². The fourth-order valence-electron chi connectivity index (χ4n) is 3.58. The lowest BCUT2D eigenvalue weighted by molar-refractivity contribution is 0.0952. The Bertz CT molecular complexity index is 972. The summed E-state index contributed by atoms with van der Waals surface area (Å²) < 4.78 is 9.74. The van der Waals surface area contributed by atoms with Gasteiger partial charge in [-0.25, -0.2) is 0 Å². The number of aromatic nitrogens is 4. The van der Waals surface area contributed by atoms with Gasteiger partial charge in [-0.2, -0.15) is 0 Å². The molecule has 0 aliphatic heterocycles. The van der Waals surface area contributed by atoms with Gasteiger partial charge in [-0.3, -0.25) is 4.79 Å². The SMILES string of the molecule is CSc1nnc(CCCNC(=O)c2cc(C)n(Cc3ccco3)c2C)n1CC(C)C. The van der Waals surface area contributed by atoms with E-state index >= 15 is 0 Å². The molecule has 0 unspecified atom stereocenters. The van der Waals surface area contributed by atoms with Crippen LogP contribution in [0.3, 0.4) is 0 Å². The predicted octanol–water partition coefficient (Wildman–Crippen LogP) is 4.08. The summed E-state index contributed by atoms with van der Waals surface area (Å²) in [4.78, 5) is 12.7. The van der Waals surface area contributed by atoms with E-state index in [0.717, 1.165) is 47.5 Å². The van der Waals surface area contributed by atoms with Crippen LogP contribution in [0.4, 0.5) is 0 Å². The third kappa shape index (κ3) is 5.16. The van der Waals surface area contributed by atoms with Crippen molar-refractivity contribution in [2.45, 2.75) is 58.8 Å². The molecule has 0 bridgehead atoms. The lowest BCUT2D eigenvalue weighted by Crippen LogP contribution is -2.25. The Labute approximate surface area is 182 Å². The van der Waals surface area contributed by atoms with Crippen molar-refractivity contribution >= 4 is 17.7 Å². The molecule has 3 aromatic rings. The van der Waals surface area contributed by atoms with Gasteiger partial charge in [0.25, 0.3) is 5.91 Å². The van der Waals surface area contributed by atoms with Crippen molar-refractivity contribution in [3.05, 3.63) is 53.0 Å². The van der Waals surface area contributed by atoms with E-state index in [-0.39, 0.29) is 5.91 Å². The number of nitrogens with zero attached hydrogens (tertiary/aromatic N) is 4. The highest BCUT2D eigenvalue weighted by Gasteiger charge is 2.17. The lowest BCUT2D eigenvalue weighted by Gasteiger charge is -2.12. The van der Waals surface area contributed by atoms with Gasteiger partial charge in [-0.1, -0.05) is 25.6 Å². The maximum Gasteiger partial charge on any atom is 0.253 e. The predicted molar refractivity (Wildman–Crippen MR) is 119 cm³/mol. The molecule has 0 atom stereocenters. The molecule has 3 heterocycles. The first kappa shape index (κ1) is 22.2. The number of nitrogens with one attached hydrogen (secondary N) is 1. The molecule has 0 aromatic carbocycles. The summed E-state index contributed by atoms with van der Waals surface area (Å²) in [6.07, 6.45) is 5.30. The Kier molecular flexibility index (Phi) is 7.42. The van der Waals surface area contributed by atoms with Crippen LogP contribution in [0.2, 0.25) is 0 Å². The van der Waals surface area contributed by atoms with Crippen LogP contribution in [0.5, 0.6) is 0 Å². The second-order valence-corrected chi connectivity index (χ2v) is 8.69. The fourth-order valence-corrected chi connectivity index (χ4v) is 4.10. The van der Waals surface area contributed by atoms with E-state index in [1.165, 1.54) is 0 Å². The van der Waals surface area contributed by atoms with E-state index in [9.17, 15) is 4.79 Å². The topological polar surface area (TPSA) is 77.9 Å². The summed E-state index contributed by atoms with van der Waals surface area (Å²) >= 11 is 1.62. The fraction of sp³-hybridized carbons (Fsp3) is 0.500. The number of thioether (sulfide) groups is 1. The minimum atomic E-state index is -0.0396. The van der Waals surface area contributed by atoms with Crippen molar-refractivity contribution in [3.8, 4) is 0 Å². The zero-order chi connectivity index (χ0) is 21.7. The van der Waals surface area contributed by atoms with Gasteiger partial charge in [0.15, 0.2) is 5.16 Å². The number of furan rings is 1. The first-order chi connectivity index (χ1) is 14.4. The number of carbonyl (C=O) groups excluding carboxylic acids is 1. The van der Waals surface area contributed by atoms with Crippen LogP contribution in [0.1, 0.15) is 53.6 Å². The Hall–Kier alpha value is -2.48. The van der Waals surface area contributed by atoms with Crippen molar-refractivity contribution in [2.75, 3.05) is 12.8 Å². The van der Waals surface area contributed by atoms with Gasteiger partial charge < -0.3 is 18.9 Å². The number of amides is 1. The minimum absolute atomic E-state index is 0.0396. The number of carbonyl (C=O) groups is 1. The number of aryl methyl sites for hydroxylation is 2. The Morgan fingerprint density at radius 2 is 2.07 bits per heavy atom. The van der Waals surface area contributed by atoms with Gasteiger partial charge in [0.05, 0.1) is 18.4 Å². The molecular formula is C22H31N5O2S. The summed E-state index contributed by atoms with van der Waals surface area (Å²) in [5.41, 5.74) is 2.70. The molecular weight excluding hydrogens is 398 g/mol. The van der Waals surface area contributed by atoms with Crippen molar-refractivity contribution < 1.29 is 9.21 Å². The molecule has 162 valence electrons. The molecule has 0 saturated carbocycles. The van der Waals surface area contributed by atoms with Gasteiger partial charge in [0, 0.05) is 30.9 Å². The van der Waals surface area contributed by atoms with Crippen molar-refractivity contribution in [1.82, 2.24) is 24.6 Å². The monoisotopic (exact) mass is 429 g/mol. The highest BCUT2D eigenvalue weighted by Crippen LogP contribution is 2.18. The highest BCUT2D eigenvalue weighted by molar-refractivity contribution is 7.98. The molecule has 0 saturated heterocycles. The van der Waals surface area contributed by atoms with Crippen molar-refractivity contribution in [3.63, 3.8) is 0 Å². The summed E-state index contributed by atoms with van der Waals surface area (Å²) in [6.45, 7) is 10.5. The first-order valence-electron chi connectivity index (χ1n) is 10.3. The molecule has 3 aromatic heterocycles. The third-order valence-electron chi connectivity index (χ3n) is 5.10. The zero-order valence-corrected chi connectivity index (χ0v) is 19.3. The quantitative estimate of drug-likeness (QED) is 0.388. The van der Waals surface area contributed by atoms with E-state index in [1.54, 1.807) is 18.0 Å². The standard InChI is InChI=1S/C22H31N5O2S/c1-15(2)13-27-20(24-25-22(27)30-5)9-6-10-23-21(28)19-12-16(3)26(17(19)4)14-18-8-7-11-29-18/h7-8,11-12,15H,6,9-10,13-14H2,1-5H3,(H,23,28). The Morgan fingerprint density at radius 3 is 2.73 bits per heavy atom. The average Bonchev–Trinajstić information content (AvgIpc) is 3.42. The van der Waals surface area contributed by atoms with Gasteiger partial charge in [-0.05, 0) is 50.6 Å². The van der Waals surface area contributed by atoms with E-state index in [2.05, 4.69) is 38.5 Å². The van der Waals surface area contributed by atoms with Crippen LogP contribution in [-0.2, 0) is 19.5 Å². The van der Waals surface area contributed by atoms with E-state index in [4.69, 9.17) is 4.42 Å². The maximum absolute atomic E-state index is 12.7. The van der Waals surface area contributed by atoms with Gasteiger partial charge in [0.1, 0.15) is 11.6 Å². The molecule has 0 radical (unpaired) electrons. The van der Waals surface area contributed by atoms with Gasteiger partial charge >= 0.3 is 0 Å². The van der Waals surface area contributed by atoms with Crippen LogP contribution < -0.4 is 5.32 Å². The number of hydrogen-bond acceptors (Lipinski definition) is 5. The lowest BCUT2D eigenvalue weighted by atomic mass is 10.2. The third-order valence-corrected chi connectivity index (χ3v) is 5.77. The first-order valence-corrected chi connectivity index (χ1v) is 11.6. The minimum Gasteiger partial charge on any atom is -0.467 e. The number of hydrogen-bond donors (Lipinski definition) is 1.